The van der Waals surface area contributed by atoms with Gasteiger partial charge in [-0.2, -0.15) is 0 Å². The van der Waals surface area contributed by atoms with Gasteiger partial charge in [0.15, 0.2) is 6.29 Å². The van der Waals surface area contributed by atoms with Crippen LogP contribution in [0.15, 0.2) is 0 Å². The van der Waals surface area contributed by atoms with Crippen LogP contribution in [-0.4, -0.2) is 46.5 Å². The fourth-order valence-electron chi connectivity index (χ4n) is 0.832. The Kier molecular flexibility index (Phi) is 2.22. The van der Waals surface area contributed by atoms with Gasteiger partial charge in [0.05, 0.1) is 12.6 Å². The van der Waals surface area contributed by atoms with Gasteiger partial charge >= 0.3 is 0 Å². The van der Waals surface area contributed by atoms with Crippen LogP contribution in [0.4, 0.5) is 0 Å². The Bertz CT molecular complexity index is 106. The van der Waals surface area contributed by atoms with Crippen LogP contribution < -0.4 is 5.73 Å². The number of nitrogens with two attached hydrogens (primary N) is 1. The number of aliphatic hydroxyl groups excluding tert-OH is 3. The van der Waals surface area contributed by atoms with Gasteiger partial charge in [0, 0.05) is 0 Å². The summed E-state index contributed by atoms with van der Waals surface area (Å²) in [6, 6.07) is -0.913. The number of ether oxygens (including phenoxy) is 1. The first-order chi connectivity index (χ1) is 4.63. The van der Waals surface area contributed by atoms with Crippen LogP contribution >= 0.6 is 0 Å². The van der Waals surface area contributed by atoms with E-state index in [1.165, 1.54) is 0 Å². The standard InChI is InChI=1S/C5H11NO4/c6-3-4(8)2(7)1-10-5(3)9/h2-5,7-9H,1,6H2/t2-,3+,4-,5-/m1/s1. The van der Waals surface area contributed by atoms with Crippen LogP contribution in [0.1, 0.15) is 0 Å². The summed E-state index contributed by atoms with van der Waals surface area (Å²) >= 11 is 0. The van der Waals surface area contributed by atoms with Crippen LogP contribution in [0, 0.1) is 0 Å². The van der Waals surface area contributed by atoms with E-state index in [-0.39, 0.29) is 6.61 Å². The first-order valence-electron chi connectivity index (χ1n) is 3.04. The summed E-state index contributed by atoms with van der Waals surface area (Å²) in [4.78, 5) is 0. The molecular formula is C5H11NO4. The molecule has 0 spiro atoms. The molecule has 0 amide bonds. The van der Waals surface area contributed by atoms with Gasteiger partial charge in [-0.05, 0) is 0 Å². The summed E-state index contributed by atoms with van der Waals surface area (Å²) in [6.07, 6.45) is -3.25. The Morgan fingerprint density at radius 2 is 1.90 bits per heavy atom. The smallest absolute Gasteiger partial charge is 0.172 e. The van der Waals surface area contributed by atoms with Gasteiger partial charge in [0.2, 0.25) is 0 Å². The molecule has 1 heterocycles. The lowest BCUT2D eigenvalue weighted by molar-refractivity contribution is -0.205. The zero-order valence-electron chi connectivity index (χ0n) is 5.34. The molecular weight excluding hydrogens is 138 g/mol. The summed E-state index contributed by atoms with van der Waals surface area (Å²) in [6.45, 7) is -0.0734. The Morgan fingerprint density at radius 3 is 2.40 bits per heavy atom. The quantitative estimate of drug-likeness (QED) is 0.302. The second-order valence-electron chi connectivity index (χ2n) is 2.36. The van der Waals surface area contributed by atoms with Crippen LogP contribution in [0.2, 0.25) is 0 Å². The van der Waals surface area contributed by atoms with Crippen molar-refractivity contribution in [1.29, 1.82) is 0 Å². The normalized spacial score (nSPS) is 49.2. The average Bonchev–Trinajstić information content (AvgIpc) is 1.93. The third-order valence-corrected chi connectivity index (χ3v) is 1.56. The van der Waals surface area contributed by atoms with E-state index in [2.05, 4.69) is 4.74 Å². The molecule has 0 aliphatic carbocycles. The van der Waals surface area contributed by atoms with Gasteiger partial charge in [-0.25, -0.2) is 0 Å². The van der Waals surface area contributed by atoms with E-state index in [0.29, 0.717) is 0 Å². The van der Waals surface area contributed by atoms with Crippen molar-refractivity contribution in [1.82, 2.24) is 0 Å². The van der Waals surface area contributed by atoms with Crippen molar-refractivity contribution < 1.29 is 20.1 Å². The fraction of sp³-hybridized carbons (Fsp3) is 1.00. The van der Waals surface area contributed by atoms with Crippen molar-refractivity contribution in [3.8, 4) is 0 Å². The second kappa shape index (κ2) is 2.81. The molecule has 0 aromatic rings. The van der Waals surface area contributed by atoms with E-state index in [9.17, 15) is 0 Å². The Hall–Kier alpha value is -0.200. The van der Waals surface area contributed by atoms with Crippen LogP contribution in [0.5, 0.6) is 0 Å². The highest BCUT2D eigenvalue weighted by Gasteiger charge is 2.34. The number of aliphatic hydroxyl groups is 3. The maximum atomic E-state index is 9.00. The van der Waals surface area contributed by atoms with Crippen molar-refractivity contribution in [3.05, 3.63) is 0 Å². The predicted molar refractivity (Wildman–Crippen MR) is 31.9 cm³/mol. The predicted octanol–water partition coefficient (Wildman–Crippen LogP) is -2.62. The molecule has 4 atom stereocenters. The molecule has 1 aliphatic rings. The summed E-state index contributed by atoms with van der Waals surface area (Å²) in [5.74, 6) is 0. The van der Waals surface area contributed by atoms with Gasteiger partial charge in [0.25, 0.3) is 0 Å². The minimum absolute atomic E-state index is 0.0734. The average molecular weight is 149 g/mol. The first kappa shape index (κ1) is 7.90. The van der Waals surface area contributed by atoms with E-state index in [1.807, 2.05) is 0 Å². The minimum atomic E-state index is -1.17. The van der Waals surface area contributed by atoms with Crippen molar-refractivity contribution in [3.63, 3.8) is 0 Å². The largest absolute Gasteiger partial charge is 0.389 e. The van der Waals surface area contributed by atoms with Crippen LogP contribution in [0.25, 0.3) is 0 Å². The van der Waals surface area contributed by atoms with Crippen molar-refractivity contribution in [2.45, 2.75) is 24.5 Å². The molecule has 0 saturated carbocycles. The van der Waals surface area contributed by atoms with E-state index in [1.54, 1.807) is 0 Å². The van der Waals surface area contributed by atoms with Gasteiger partial charge in [-0.3, -0.25) is 0 Å². The molecule has 5 heteroatoms. The van der Waals surface area contributed by atoms with Crippen LogP contribution in [0.3, 0.4) is 0 Å². The zero-order valence-corrected chi connectivity index (χ0v) is 5.34. The van der Waals surface area contributed by atoms with E-state index in [0.717, 1.165) is 0 Å². The highest BCUT2D eigenvalue weighted by atomic mass is 16.6. The van der Waals surface area contributed by atoms with E-state index >= 15 is 0 Å². The highest BCUT2D eigenvalue weighted by Crippen LogP contribution is 2.10. The lowest BCUT2D eigenvalue weighted by Crippen LogP contribution is -2.57. The first-order valence-corrected chi connectivity index (χ1v) is 3.04. The molecule has 60 valence electrons. The van der Waals surface area contributed by atoms with Gasteiger partial charge < -0.3 is 25.8 Å². The maximum Gasteiger partial charge on any atom is 0.172 e. The van der Waals surface area contributed by atoms with E-state index < -0.39 is 24.5 Å². The molecule has 1 rings (SSSR count). The number of hydrogen-bond donors (Lipinski definition) is 4. The molecule has 0 unspecified atom stereocenters. The maximum absolute atomic E-state index is 9.00. The lowest BCUT2D eigenvalue weighted by atomic mass is 10.0. The Balaban J connectivity index is 2.52. The molecule has 5 N–H and O–H groups in total. The molecule has 5 nitrogen and oxygen atoms in total. The van der Waals surface area contributed by atoms with Crippen molar-refractivity contribution >= 4 is 0 Å². The summed E-state index contributed by atoms with van der Waals surface area (Å²) < 4.78 is 4.59. The fourth-order valence-corrected chi connectivity index (χ4v) is 0.832. The number of hydrogen-bond acceptors (Lipinski definition) is 5. The molecule has 0 bridgehead atoms. The second-order valence-corrected chi connectivity index (χ2v) is 2.36. The SMILES string of the molecule is N[C@H]1[C@H](O)[C@H](O)CO[C@H]1O. The monoisotopic (exact) mass is 149 g/mol. The Morgan fingerprint density at radius 1 is 1.30 bits per heavy atom. The molecule has 1 aliphatic heterocycles. The third kappa shape index (κ3) is 1.28. The zero-order chi connectivity index (χ0) is 7.72. The third-order valence-electron chi connectivity index (χ3n) is 1.56. The topological polar surface area (TPSA) is 95.9 Å². The minimum Gasteiger partial charge on any atom is -0.389 e. The highest BCUT2D eigenvalue weighted by molar-refractivity contribution is 4.84. The summed E-state index contributed by atoms with van der Waals surface area (Å²) in [5, 5.41) is 26.7. The van der Waals surface area contributed by atoms with Crippen molar-refractivity contribution in [2.24, 2.45) is 5.73 Å². The van der Waals surface area contributed by atoms with Gasteiger partial charge in [-0.1, -0.05) is 0 Å². The van der Waals surface area contributed by atoms with E-state index in [4.69, 9.17) is 21.1 Å². The summed E-state index contributed by atoms with van der Waals surface area (Å²) in [5.41, 5.74) is 5.23. The lowest BCUT2D eigenvalue weighted by Gasteiger charge is -2.32. The molecule has 0 aromatic heterocycles. The molecule has 1 fully saturated rings. The molecule has 0 radical (unpaired) electrons. The van der Waals surface area contributed by atoms with Crippen LogP contribution in [-0.2, 0) is 4.74 Å². The Labute approximate surface area is 58.0 Å². The number of rotatable bonds is 0. The van der Waals surface area contributed by atoms with Crippen molar-refractivity contribution in [2.75, 3.05) is 6.61 Å². The van der Waals surface area contributed by atoms with Gasteiger partial charge in [0.1, 0.15) is 12.2 Å². The summed E-state index contributed by atoms with van der Waals surface area (Å²) in [7, 11) is 0. The van der Waals surface area contributed by atoms with Gasteiger partial charge in [-0.15, -0.1) is 0 Å². The molecule has 0 aromatic carbocycles. The molecule has 1 saturated heterocycles. The molecule has 10 heavy (non-hydrogen) atoms.